The van der Waals surface area contributed by atoms with E-state index in [1.807, 2.05) is 18.2 Å². The number of hydrogen-bond acceptors (Lipinski definition) is 3. The average molecular weight is 390 g/mol. The summed E-state index contributed by atoms with van der Waals surface area (Å²) in [6.07, 6.45) is 0. The van der Waals surface area contributed by atoms with E-state index in [-0.39, 0.29) is 5.91 Å². The molecule has 1 amide bonds. The standard InChI is InChI=1S/C12H10Br2N2OS/c1-6(13)5-16-12(17)11-10(15)9-7(14)3-2-4-8(9)18-11/h2-4H,1,5,15H2,(H,16,17). The van der Waals surface area contributed by atoms with Gasteiger partial charge >= 0.3 is 0 Å². The van der Waals surface area contributed by atoms with Crippen LogP contribution in [0.1, 0.15) is 9.67 Å². The van der Waals surface area contributed by atoms with E-state index in [4.69, 9.17) is 5.73 Å². The topological polar surface area (TPSA) is 55.1 Å². The molecule has 0 aliphatic carbocycles. The first-order valence-corrected chi connectivity index (χ1v) is 7.49. The maximum atomic E-state index is 12.0. The lowest BCUT2D eigenvalue weighted by molar-refractivity contribution is 0.0962. The fraction of sp³-hybridized carbons (Fsp3) is 0.0833. The van der Waals surface area contributed by atoms with Gasteiger partial charge in [0.2, 0.25) is 0 Å². The lowest BCUT2D eigenvalue weighted by atomic mass is 10.2. The number of carbonyl (C=O) groups excluding carboxylic acids is 1. The molecule has 0 bridgehead atoms. The van der Waals surface area contributed by atoms with Gasteiger partial charge < -0.3 is 11.1 Å². The van der Waals surface area contributed by atoms with E-state index >= 15 is 0 Å². The second kappa shape index (κ2) is 5.42. The van der Waals surface area contributed by atoms with Gasteiger partial charge in [0.15, 0.2) is 0 Å². The molecule has 0 radical (unpaired) electrons. The highest BCUT2D eigenvalue weighted by Gasteiger charge is 2.17. The van der Waals surface area contributed by atoms with E-state index in [9.17, 15) is 4.79 Å². The minimum atomic E-state index is -0.179. The second-order valence-electron chi connectivity index (χ2n) is 3.66. The molecule has 0 aliphatic rings. The van der Waals surface area contributed by atoms with Gasteiger partial charge in [0.25, 0.3) is 5.91 Å². The van der Waals surface area contributed by atoms with Crippen LogP contribution in [0.4, 0.5) is 5.69 Å². The van der Waals surface area contributed by atoms with Crippen molar-refractivity contribution >= 4 is 64.9 Å². The molecule has 6 heteroatoms. The van der Waals surface area contributed by atoms with Crippen LogP contribution in [0.25, 0.3) is 10.1 Å². The van der Waals surface area contributed by atoms with Crippen LogP contribution in [0.5, 0.6) is 0 Å². The van der Waals surface area contributed by atoms with Crippen LogP contribution in [0.2, 0.25) is 0 Å². The molecule has 1 aromatic carbocycles. The molecular weight excluding hydrogens is 380 g/mol. The fourth-order valence-electron chi connectivity index (χ4n) is 1.55. The SMILES string of the molecule is C=C(Br)CNC(=O)c1sc2cccc(Br)c2c1N. The summed E-state index contributed by atoms with van der Waals surface area (Å²) in [5.74, 6) is -0.179. The molecule has 2 rings (SSSR count). The van der Waals surface area contributed by atoms with Crippen LogP contribution in [0.3, 0.4) is 0 Å². The summed E-state index contributed by atoms with van der Waals surface area (Å²) in [5.41, 5.74) is 6.55. The number of rotatable bonds is 3. The molecule has 0 fully saturated rings. The van der Waals surface area contributed by atoms with E-state index < -0.39 is 0 Å². The predicted octanol–water partition coefficient (Wildman–Crippen LogP) is 3.88. The Morgan fingerprint density at radius 1 is 1.50 bits per heavy atom. The minimum absolute atomic E-state index is 0.179. The Hall–Kier alpha value is -0.850. The molecule has 18 heavy (non-hydrogen) atoms. The van der Waals surface area contributed by atoms with Crippen LogP contribution >= 0.6 is 43.2 Å². The lowest BCUT2D eigenvalue weighted by Crippen LogP contribution is -2.24. The summed E-state index contributed by atoms with van der Waals surface area (Å²) in [5, 5.41) is 3.64. The zero-order valence-electron chi connectivity index (χ0n) is 9.30. The summed E-state index contributed by atoms with van der Waals surface area (Å²) in [6, 6.07) is 5.78. The smallest absolute Gasteiger partial charge is 0.263 e. The van der Waals surface area contributed by atoms with Crippen molar-refractivity contribution in [2.45, 2.75) is 0 Å². The summed E-state index contributed by atoms with van der Waals surface area (Å²) < 4.78 is 2.61. The fourth-order valence-corrected chi connectivity index (χ4v) is 3.47. The van der Waals surface area contributed by atoms with Gasteiger partial charge in [0.05, 0.1) is 5.69 Å². The van der Waals surface area contributed by atoms with Crippen LogP contribution in [0.15, 0.2) is 33.7 Å². The van der Waals surface area contributed by atoms with Crippen molar-refractivity contribution in [1.29, 1.82) is 0 Å². The van der Waals surface area contributed by atoms with Crippen LogP contribution in [-0.4, -0.2) is 12.5 Å². The van der Waals surface area contributed by atoms with Gasteiger partial charge in [-0.25, -0.2) is 0 Å². The molecule has 2 aromatic rings. The van der Waals surface area contributed by atoms with Gasteiger partial charge in [-0.2, -0.15) is 0 Å². The van der Waals surface area contributed by atoms with Crippen molar-refractivity contribution in [3.63, 3.8) is 0 Å². The molecule has 3 nitrogen and oxygen atoms in total. The second-order valence-corrected chi connectivity index (χ2v) is 6.69. The van der Waals surface area contributed by atoms with Crippen molar-refractivity contribution in [2.75, 3.05) is 12.3 Å². The Kier molecular flexibility index (Phi) is 4.09. The molecule has 1 aromatic heterocycles. The Labute approximate surface area is 125 Å². The molecule has 0 unspecified atom stereocenters. The number of fused-ring (bicyclic) bond motifs is 1. The summed E-state index contributed by atoms with van der Waals surface area (Å²) in [7, 11) is 0. The zero-order chi connectivity index (χ0) is 13.3. The van der Waals surface area contributed by atoms with E-state index in [0.29, 0.717) is 17.1 Å². The molecule has 0 saturated heterocycles. The van der Waals surface area contributed by atoms with E-state index in [2.05, 4.69) is 43.8 Å². The molecule has 0 spiro atoms. The maximum Gasteiger partial charge on any atom is 0.263 e. The Balaban J connectivity index is 2.40. The predicted molar refractivity (Wildman–Crippen MR) is 84.3 cm³/mol. The van der Waals surface area contributed by atoms with Crippen molar-refractivity contribution < 1.29 is 4.79 Å². The zero-order valence-corrected chi connectivity index (χ0v) is 13.3. The number of hydrogen-bond donors (Lipinski definition) is 2. The Morgan fingerprint density at radius 3 is 2.83 bits per heavy atom. The number of nitrogens with two attached hydrogens (primary N) is 1. The van der Waals surface area contributed by atoms with Gasteiger partial charge in [-0.05, 0) is 12.1 Å². The normalized spacial score (nSPS) is 10.6. The first-order chi connectivity index (χ1) is 8.50. The summed E-state index contributed by atoms with van der Waals surface area (Å²) in [4.78, 5) is 12.5. The molecule has 0 atom stereocenters. The van der Waals surface area contributed by atoms with Crippen LogP contribution in [0, 0.1) is 0 Å². The first-order valence-electron chi connectivity index (χ1n) is 5.08. The number of thiophene rings is 1. The first kappa shape index (κ1) is 13.6. The minimum Gasteiger partial charge on any atom is -0.397 e. The molecule has 0 saturated carbocycles. The number of nitrogen functional groups attached to an aromatic ring is 1. The largest absolute Gasteiger partial charge is 0.397 e. The number of carbonyl (C=O) groups is 1. The van der Waals surface area contributed by atoms with Crippen molar-refractivity contribution in [1.82, 2.24) is 5.32 Å². The van der Waals surface area contributed by atoms with E-state index in [0.717, 1.165) is 19.0 Å². The van der Waals surface area contributed by atoms with E-state index in [1.54, 1.807) is 0 Å². The van der Waals surface area contributed by atoms with Gasteiger partial charge in [0.1, 0.15) is 4.88 Å². The van der Waals surface area contributed by atoms with Crippen LogP contribution in [-0.2, 0) is 0 Å². The molecule has 3 N–H and O–H groups in total. The lowest BCUT2D eigenvalue weighted by Gasteiger charge is -2.02. The molecule has 0 aliphatic heterocycles. The summed E-state index contributed by atoms with van der Waals surface area (Å²) >= 11 is 8.03. The van der Waals surface area contributed by atoms with Gasteiger partial charge in [0, 0.05) is 25.6 Å². The Morgan fingerprint density at radius 2 is 2.22 bits per heavy atom. The molecule has 1 heterocycles. The third-order valence-electron chi connectivity index (χ3n) is 2.35. The number of amides is 1. The monoisotopic (exact) mass is 388 g/mol. The van der Waals surface area contributed by atoms with Gasteiger partial charge in [-0.15, -0.1) is 11.3 Å². The Bertz CT molecular complexity index is 636. The highest BCUT2D eigenvalue weighted by atomic mass is 79.9. The highest BCUT2D eigenvalue weighted by Crippen LogP contribution is 2.37. The average Bonchev–Trinajstić information content (AvgIpc) is 2.65. The van der Waals surface area contributed by atoms with Crippen molar-refractivity contribution in [3.05, 3.63) is 38.6 Å². The highest BCUT2D eigenvalue weighted by molar-refractivity contribution is 9.11. The number of halogens is 2. The number of benzene rings is 1. The van der Waals surface area contributed by atoms with Crippen LogP contribution < -0.4 is 11.1 Å². The maximum absolute atomic E-state index is 12.0. The summed E-state index contributed by atoms with van der Waals surface area (Å²) in [6.45, 7) is 4.05. The third kappa shape index (κ3) is 2.60. The van der Waals surface area contributed by atoms with Gasteiger partial charge in [-0.3, -0.25) is 4.79 Å². The third-order valence-corrected chi connectivity index (χ3v) is 4.46. The number of anilines is 1. The quantitative estimate of drug-likeness (QED) is 0.836. The number of nitrogens with one attached hydrogen (secondary N) is 1. The van der Waals surface area contributed by atoms with E-state index in [1.165, 1.54) is 11.3 Å². The molecule has 94 valence electrons. The van der Waals surface area contributed by atoms with Crippen molar-refractivity contribution in [2.24, 2.45) is 0 Å². The molecular formula is C12H10Br2N2OS. The van der Waals surface area contributed by atoms with Crippen molar-refractivity contribution in [3.8, 4) is 0 Å². The van der Waals surface area contributed by atoms with Gasteiger partial charge in [-0.1, -0.05) is 44.5 Å².